The first-order chi connectivity index (χ1) is 8.42. The molecule has 1 aliphatic heterocycles. The lowest BCUT2D eigenvalue weighted by Gasteiger charge is -2.26. The van der Waals surface area contributed by atoms with Gasteiger partial charge in [-0.15, -0.1) is 0 Å². The van der Waals surface area contributed by atoms with Crippen LogP contribution in [0.3, 0.4) is 0 Å². The van der Waals surface area contributed by atoms with Gasteiger partial charge in [-0.05, 0) is 32.1 Å². The van der Waals surface area contributed by atoms with Crippen LogP contribution in [0.25, 0.3) is 0 Å². The normalized spacial score (nSPS) is 20.6. The Kier molecular flexibility index (Phi) is 3.22. The summed E-state index contributed by atoms with van der Waals surface area (Å²) in [5, 5.41) is 3.48. The lowest BCUT2D eigenvalue weighted by molar-refractivity contribution is 0.567. The number of rotatable bonds is 4. The molecule has 0 spiro atoms. The predicted molar refractivity (Wildman–Crippen MR) is 68.0 cm³/mol. The first-order valence-corrected chi connectivity index (χ1v) is 6.71. The molecule has 1 saturated heterocycles. The van der Waals surface area contributed by atoms with Crippen LogP contribution in [-0.2, 0) is 6.54 Å². The highest BCUT2D eigenvalue weighted by atomic mass is 15.2. The molecule has 2 heterocycles. The number of nitrogens with zero attached hydrogens (tertiary/aromatic N) is 3. The van der Waals surface area contributed by atoms with Crippen molar-refractivity contribution in [3.8, 4) is 0 Å². The summed E-state index contributed by atoms with van der Waals surface area (Å²) in [7, 11) is 0. The topological polar surface area (TPSA) is 41.1 Å². The Hall–Kier alpha value is -1.16. The Morgan fingerprint density at radius 3 is 2.47 bits per heavy atom. The molecule has 1 aromatic heterocycles. The Balaban J connectivity index is 1.58. The zero-order valence-electron chi connectivity index (χ0n) is 10.2. The molecule has 0 radical (unpaired) electrons. The Labute approximate surface area is 102 Å². The number of aromatic nitrogens is 2. The smallest absolute Gasteiger partial charge is 0.225 e. The van der Waals surface area contributed by atoms with E-state index in [-0.39, 0.29) is 0 Å². The van der Waals surface area contributed by atoms with Crippen molar-refractivity contribution in [1.82, 2.24) is 15.3 Å². The van der Waals surface area contributed by atoms with Gasteiger partial charge in [0.1, 0.15) is 0 Å². The monoisotopic (exact) mass is 232 g/mol. The highest BCUT2D eigenvalue weighted by molar-refractivity contribution is 5.30. The van der Waals surface area contributed by atoms with E-state index in [0.717, 1.165) is 31.6 Å². The van der Waals surface area contributed by atoms with Gasteiger partial charge in [0.25, 0.3) is 0 Å². The molecule has 3 rings (SSSR count). The molecule has 2 aliphatic rings. The van der Waals surface area contributed by atoms with Gasteiger partial charge < -0.3 is 10.2 Å². The molecule has 1 N–H and O–H groups in total. The maximum atomic E-state index is 4.48. The van der Waals surface area contributed by atoms with Gasteiger partial charge in [0.15, 0.2) is 0 Å². The number of hydrogen-bond acceptors (Lipinski definition) is 4. The highest BCUT2D eigenvalue weighted by Crippen LogP contribution is 2.19. The third-order valence-corrected chi connectivity index (χ3v) is 3.50. The van der Waals surface area contributed by atoms with E-state index < -0.39 is 0 Å². The average Bonchev–Trinajstić information content (AvgIpc) is 3.22. The van der Waals surface area contributed by atoms with Gasteiger partial charge in [-0.25, -0.2) is 9.97 Å². The molecule has 1 aliphatic carbocycles. The van der Waals surface area contributed by atoms with E-state index in [1.807, 2.05) is 12.4 Å². The van der Waals surface area contributed by atoms with Gasteiger partial charge in [0, 0.05) is 43.6 Å². The van der Waals surface area contributed by atoms with Gasteiger partial charge in [-0.1, -0.05) is 0 Å². The summed E-state index contributed by atoms with van der Waals surface area (Å²) in [4.78, 5) is 11.2. The minimum Gasteiger partial charge on any atom is -0.341 e. The van der Waals surface area contributed by atoms with Gasteiger partial charge in [-0.2, -0.15) is 0 Å². The van der Waals surface area contributed by atoms with E-state index in [0.29, 0.717) is 0 Å². The molecule has 0 aromatic carbocycles. The molecule has 1 saturated carbocycles. The largest absolute Gasteiger partial charge is 0.341 e. The molecule has 92 valence electrons. The van der Waals surface area contributed by atoms with E-state index in [9.17, 15) is 0 Å². The minimum absolute atomic E-state index is 0.747. The second-order valence-corrected chi connectivity index (χ2v) is 5.09. The van der Waals surface area contributed by atoms with E-state index in [1.165, 1.54) is 37.7 Å². The van der Waals surface area contributed by atoms with Crippen LogP contribution in [0.2, 0.25) is 0 Å². The number of anilines is 1. The summed E-state index contributed by atoms with van der Waals surface area (Å²) in [5.41, 5.74) is 1.19. The van der Waals surface area contributed by atoms with Crippen LogP contribution >= 0.6 is 0 Å². The van der Waals surface area contributed by atoms with Gasteiger partial charge in [0.05, 0.1) is 0 Å². The van der Waals surface area contributed by atoms with Crippen LogP contribution in [0.1, 0.15) is 37.7 Å². The van der Waals surface area contributed by atoms with Crippen molar-refractivity contribution < 1.29 is 0 Å². The van der Waals surface area contributed by atoms with E-state index in [4.69, 9.17) is 0 Å². The van der Waals surface area contributed by atoms with E-state index in [1.54, 1.807) is 0 Å². The molecule has 0 unspecified atom stereocenters. The summed E-state index contributed by atoms with van der Waals surface area (Å²) in [6.45, 7) is 3.13. The Morgan fingerprint density at radius 2 is 1.82 bits per heavy atom. The minimum atomic E-state index is 0.747. The highest BCUT2D eigenvalue weighted by Gasteiger charge is 2.20. The molecule has 0 bridgehead atoms. The quantitative estimate of drug-likeness (QED) is 0.858. The molecule has 4 nitrogen and oxygen atoms in total. The van der Waals surface area contributed by atoms with Crippen molar-refractivity contribution in [3.05, 3.63) is 18.0 Å². The van der Waals surface area contributed by atoms with Crippen LogP contribution in [0.15, 0.2) is 12.4 Å². The molecule has 1 aromatic rings. The van der Waals surface area contributed by atoms with Crippen LogP contribution in [-0.4, -0.2) is 29.1 Å². The van der Waals surface area contributed by atoms with Gasteiger partial charge >= 0.3 is 0 Å². The molecule has 2 fully saturated rings. The lowest BCUT2D eigenvalue weighted by Crippen LogP contribution is -2.31. The van der Waals surface area contributed by atoms with Crippen molar-refractivity contribution in [1.29, 1.82) is 0 Å². The van der Waals surface area contributed by atoms with Crippen LogP contribution in [0.5, 0.6) is 0 Å². The molecular formula is C13H20N4. The van der Waals surface area contributed by atoms with Crippen LogP contribution < -0.4 is 10.2 Å². The third kappa shape index (κ3) is 2.94. The second kappa shape index (κ2) is 5.00. The zero-order valence-corrected chi connectivity index (χ0v) is 10.2. The number of piperidine rings is 1. The Bertz CT molecular complexity index is 352. The van der Waals surface area contributed by atoms with Gasteiger partial charge in [0.2, 0.25) is 5.95 Å². The fourth-order valence-corrected chi connectivity index (χ4v) is 2.25. The molecule has 17 heavy (non-hydrogen) atoms. The molecule has 4 heteroatoms. The lowest BCUT2D eigenvalue weighted by atomic mass is 10.1. The summed E-state index contributed by atoms with van der Waals surface area (Å²) >= 11 is 0. The van der Waals surface area contributed by atoms with Crippen LogP contribution in [0.4, 0.5) is 5.95 Å². The SMILES string of the molecule is c1nc(N2CCCCC2)ncc1CNC1CC1. The van der Waals surface area contributed by atoms with Crippen molar-refractivity contribution in [2.45, 2.75) is 44.7 Å². The summed E-state index contributed by atoms with van der Waals surface area (Å²) < 4.78 is 0. The number of nitrogens with one attached hydrogen (secondary N) is 1. The maximum Gasteiger partial charge on any atom is 0.225 e. The first kappa shape index (κ1) is 11.0. The standard InChI is InChI=1S/C13H20N4/c1-2-6-17(7-3-1)13-15-9-11(10-16-13)8-14-12-4-5-12/h9-10,12,14H,1-8H2. The molecule has 0 atom stereocenters. The Morgan fingerprint density at radius 1 is 1.12 bits per heavy atom. The fraction of sp³-hybridized carbons (Fsp3) is 0.692. The second-order valence-electron chi connectivity index (χ2n) is 5.09. The zero-order chi connectivity index (χ0) is 11.5. The van der Waals surface area contributed by atoms with Crippen molar-refractivity contribution in [3.63, 3.8) is 0 Å². The van der Waals surface area contributed by atoms with Crippen molar-refractivity contribution in [2.24, 2.45) is 0 Å². The molecule has 0 amide bonds. The molecular weight excluding hydrogens is 212 g/mol. The summed E-state index contributed by atoms with van der Waals surface area (Å²) in [6.07, 6.45) is 10.5. The van der Waals surface area contributed by atoms with Crippen molar-refractivity contribution >= 4 is 5.95 Å². The van der Waals surface area contributed by atoms with E-state index in [2.05, 4.69) is 20.2 Å². The average molecular weight is 232 g/mol. The van der Waals surface area contributed by atoms with Crippen molar-refractivity contribution in [2.75, 3.05) is 18.0 Å². The number of hydrogen-bond donors (Lipinski definition) is 1. The van der Waals surface area contributed by atoms with Crippen LogP contribution in [0, 0.1) is 0 Å². The first-order valence-electron chi connectivity index (χ1n) is 6.71. The predicted octanol–water partition coefficient (Wildman–Crippen LogP) is 1.72. The maximum absolute atomic E-state index is 4.48. The third-order valence-electron chi connectivity index (χ3n) is 3.50. The fourth-order valence-electron chi connectivity index (χ4n) is 2.25. The van der Waals surface area contributed by atoms with Gasteiger partial charge in [-0.3, -0.25) is 0 Å². The summed E-state index contributed by atoms with van der Waals surface area (Å²) in [6, 6.07) is 0.747. The van der Waals surface area contributed by atoms with E-state index >= 15 is 0 Å². The summed E-state index contributed by atoms with van der Waals surface area (Å²) in [5.74, 6) is 0.903.